The van der Waals surface area contributed by atoms with Crippen LogP contribution in [0, 0.1) is 11.2 Å². The lowest BCUT2D eigenvalue weighted by Gasteiger charge is -2.41. The first-order chi connectivity index (χ1) is 13.3. The largest absolute Gasteiger partial charge is 0.383 e. The molecule has 2 fully saturated rings. The van der Waals surface area contributed by atoms with Gasteiger partial charge in [0.05, 0.1) is 18.3 Å². The van der Waals surface area contributed by atoms with Crippen molar-refractivity contribution in [2.75, 3.05) is 30.3 Å². The molecular weight excluding hydrogens is 361 g/mol. The summed E-state index contributed by atoms with van der Waals surface area (Å²) in [6.45, 7) is 4.14. The molecule has 7 nitrogen and oxygen atoms in total. The number of aromatic nitrogens is 2. The fraction of sp³-hybridized carbons (Fsp3) is 0.500. The van der Waals surface area contributed by atoms with Crippen molar-refractivity contribution >= 4 is 11.8 Å². The van der Waals surface area contributed by atoms with Crippen LogP contribution in [0.4, 0.5) is 16.2 Å². The van der Waals surface area contributed by atoms with Gasteiger partial charge in [-0.15, -0.1) is 0 Å². The molecule has 4 rings (SSSR count). The third-order valence-corrected chi connectivity index (χ3v) is 6.30. The van der Waals surface area contributed by atoms with Crippen LogP contribution in [0.25, 0.3) is 11.1 Å². The number of nitrogens with two attached hydrogens (primary N) is 2. The smallest absolute Gasteiger partial charge is 0.264 e. The molecule has 4 N–H and O–H groups in total. The van der Waals surface area contributed by atoms with Gasteiger partial charge < -0.3 is 21.1 Å². The standard InChI is InChI=1S/C20H26FN5O2/c1-12-16(22)20(11-28-12)6-8-26(9-7-20)19-24-17(23)15(18(27)25(19)2)13-4-3-5-14(21)10-13/h3-5,10,12,16H,6-9,11,22-23H2,1-2H3/t12-,16+/m0/s1. The number of halogens is 1. The Kier molecular flexibility index (Phi) is 4.63. The monoisotopic (exact) mass is 387 g/mol. The maximum absolute atomic E-state index is 13.6. The van der Waals surface area contributed by atoms with Crippen molar-refractivity contribution in [1.82, 2.24) is 9.55 Å². The summed E-state index contributed by atoms with van der Waals surface area (Å²) in [4.78, 5) is 19.5. The third kappa shape index (κ3) is 2.97. The second-order valence-corrected chi connectivity index (χ2v) is 7.94. The highest BCUT2D eigenvalue weighted by Gasteiger charge is 2.47. The summed E-state index contributed by atoms with van der Waals surface area (Å²) < 4.78 is 20.9. The fourth-order valence-corrected chi connectivity index (χ4v) is 4.43. The average Bonchev–Trinajstić information content (AvgIpc) is 2.94. The molecule has 0 saturated carbocycles. The molecule has 2 saturated heterocycles. The minimum Gasteiger partial charge on any atom is -0.383 e. The Morgan fingerprint density at radius 1 is 1.32 bits per heavy atom. The van der Waals surface area contributed by atoms with E-state index in [0.29, 0.717) is 18.1 Å². The van der Waals surface area contributed by atoms with Crippen LogP contribution in [0.3, 0.4) is 0 Å². The van der Waals surface area contributed by atoms with Crippen LogP contribution in [0.15, 0.2) is 29.1 Å². The molecule has 2 aliphatic rings. The van der Waals surface area contributed by atoms with Crippen molar-refractivity contribution < 1.29 is 9.13 Å². The number of anilines is 2. The molecule has 2 aliphatic heterocycles. The highest BCUT2D eigenvalue weighted by atomic mass is 19.1. The Labute approximate surface area is 163 Å². The molecule has 0 unspecified atom stereocenters. The second-order valence-electron chi connectivity index (χ2n) is 7.94. The van der Waals surface area contributed by atoms with E-state index in [2.05, 4.69) is 9.88 Å². The first-order valence-electron chi connectivity index (χ1n) is 9.57. The molecule has 28 heavy (non-hydrogen) atoms. The first kappa shape index (κ1) is 18.9. The van der Waals surface area contributed by atoms with Gasteiger partial charge in [0.2, 0.25) is 5.95 Å². The Hall–Kier alpha value is -2.45. The van der Waals surface area contributed by atoms with Crippen LogP contribution in [-0.4, -0.2) is 41.4 Å². The molecule has 2 atom stereocenters. The number of nitrogen functional groups attached to an aromatic ring is 1. The van der Waals surface area contributed by atoms with Crippen LogP contribution in [-0.2, 0) is 11.8 Å². The van der Waals surface area contributed by atoms with E-state index in [0.717, 1.165) is 25.9 Å². The van der Waals surface area contributed by atoms with Crippen molar-refractivity contribution in [3.05, 3.63) is 40.4 Å². The van der Waals surface area contributed by atoms with Gasteiger partial charge in [0.25, 0.3) is 5.56 Å². The van der Waals surface area contributed by atoms with Gasteiger partial charge in [0.15, 0.2) is 0 Å². The van der Waals surface area contributed by atoms with Gasteiger partial charge >= 0.3 is 0 Å². The summed E-state index contributed by atoms with van der Waals surface area (Å²) in [7, 11) is 1.67. The number of hydrogen-bond acceptors (Lipinski definition) is 6. The van der Waals surface area contributed by atoms with E-state index < -0.39 is 5.82 Å². The molecular formula is C20H26FN5O2. The minimum atomic E-state index is -0.422. The molecule has 1 aromatic carbocycles. The summed E-state index contributed by atoms with van der Waals surface area (Å²) in [6.07, 6.45) is 1.81. The number of piperidine rings is 1. The van der Waals surface area contributed by atoms with Gasteiger partial charge in [-0.2, -0.15) is 4.98 Å². The van der Waals surface area contributed by atoms with Gasteiger partial charge in [-0.25, -0.2) is 4.39 Å². The highest BCUT2D eigenvalue weighted by Crippen LogP contribution is 2.41. The van der Waals surface area contributed by atoms with Gasteiger partial charge in [-0.3, -0.25) is 9.36 Å². The normalized spacial score (nSPS) is 24.1. The number of benzene rings is 1. The van der Waals surface area contributed by atoms with Gasteiger partial charge in [-0.1, -0.05) is 12.1 Å². The fourth-order valence-electron chi connectivity index (χ4n) is 4.43. The highest BCUT2D eigenvalue weighted by molar-refractivity contribution is 5.73. The molecule has 0 amide bonds. The quantitative estimate of drug-likeness (QED) is 0.810. The predicted octanol–water partition coefficient (Wildman–Crippen LogP) is 1.50. The first-order valence-corrected chi connectivity index (χ1v) is 9.57. The van der Waals surface area contributed by atoms with Crippen LogP contribution >= 0.6 is 0 Å². The van der Waals surface area contributed by atoms with Crippen molar-refractivity contribution in [3.63, 3.8) is 0 Å². The Bertz CT molecular complexity index is 952. The van der Waals surface area contributed by atoms with Crippen molar-refractivity contribution in [1.29, 1.82) is 0 Å². The topological polar surface area (TPSA) is 99.4 Å². The zero-order valence-electron chi connectivity index (χ0n) is 16.2. The van der Waals surface area contributed by atoms with Crippen LogP contribution in [0.2, 0.25) is 0 Å². The minimum absolute atomic E-state index is 0.0121. The van der Waals surface area contributed by atoms with E-state index in [1.807, 2.05) is 6.92 Å². The molecule has 0 radical (unpaired) electrons. The lowest BCUT2D eigenvalue weighted by Crippen LogP contribution is -2.51. The molecule has 3 heterocycles. The molecule has 2 aromatic rings. The van der Waals surface area contributed by atoms with Gasteiger partial charge in [0, 0.05) is 31.6 Å². The number of hydrogen-bond donors (Lipinski definition) is 2. The van der Waals surface area contributed by atoms with E-state index in [1.54, 1.807) is 19.2 Å². The van der Waals surface area contributed by atoms with Gasteiger partial charge in [0.1, 0.15) is 11.6 Å². The zero-order valence-corrected chi connectivity index (χ0v) is 16.2. The van der Waals surface area contributed by atoms with E-state index in [9.17, 15) is 9.18 Å². The molecule has 8 heteroatoms. The molecule has 150 valence electrons. The molecule has 1 spiro atoms. The van der Waals surface area contributed by atoms with E-state index in [-0.39, 0.29) is 34.5 Å². The Morgan fingerprint density at radius 2 is 2.04 bits per heavy atom. The van der Waals surface area contributed by atoms with Gasteiger partial charge in [-0.05, 0) is 37.5 Å². The van der Waals surface area contributed by atoms with Crippen LogP contribution in [0.5, 0.6) is 0 Å². The average molecular weight is 387 g/mol. The van der Waals surface area contributed by atoms with E-state index in [4.69, 9.17) is 16.2 Å². The SMILES string of the molecule is C[C@@H]1OCC2(CCN(c3nc(N)c(-c4cccc(F)c4)c(=O)n3C)CC2)[C@@H]1N. The Balaban J connectivity index is 1.63. The summed E-state index contributed by atoms with van der Waals surface area (Å²) in [5.41, 5.74) is 12.9. The maximum Gasteiger partial charge on any atom is 0.264 e. The van der Waals surface area contributed by atoms with Crippen LogP contribution in [0.1, 0.15) is 19.8 Å². The summed E-state index contributed by atoms with van der Waals surface area (Å²) in [5.74, 6) is 0.213. The number of rotatable bonds is 2. The molecule has 0 aliphatic carbocycles. The maximum atomic E-state index is 13.6. The molecule has 1 aromatic heterocycles. The van der Waals surface area contributed by atoms with E-state index in [1.165, 1.54) is 16.7 Å². The molecule has 0 bridgehead atoms. The number of nitrogens with zero attached hydrogens (tertiary/aromatic N) is 3. The zero-order chi connectivity index (χ0) is 20.1. The van der Waals surface area contributed by atoms with Crippen LogP contribution < -0.4 is 21.9 Å². The lowest BCUT2D eigenvalue weighted by molar-refractivity contribution is 0.0973. The summed E-state index contributed by atoms with van der Waals surface area (Å²) >= 11 is 0. The summed E-state index contributed by atoms with van der Waals surface area (Å²) in [6, 6.07) is 5.85. The second kappa shape index (κ2) is 6.86. The lowest BCUT2D eigenvalue weighted by atomic mass is 9.73. The third-order valence-electron chi connectivity index (χ3n) is 6.30. The number of ether oxygens (including phenoxy) is 1. The van der Waals surface area contributed by atoms with Crippen molar-refractivity contribution in [2.24, 2.45) is 18.2 Å². The predicted molar refractivity (Wildman–Crippen MR) is 107 cm³/mol. The Morgan fingerprint density at radius 3 is 2.64 bits per heavy atom. The van der Waals surface area contributed by atoms with Crippen molar-refractivity contribution in [2.45, 2.75) is 31.9 Å². The van der Waals surface area contributed by atoms with E-state index >= 15 is 0 Å². The summed E-state index contributed by atoms with van der Waals surface area (Å²) in [5, 5.41) is 0. The van der Waals surface area contributed by atoms with Crippen molar-refractivity contribution in [3.8, 4) is 11.1 Å².